The van der Waals surface area contributed by atoms with E-state index in [4.69, 9.17) is 15.0 Å². The minimum Gasteiger partial charge on any atom is -0.312 e. The second kappa shape index (κ2) is 11.8. The molecule has 1 aliphatic carbocycles. The second-order valence-corrected chi connectivity index (χ2v) is 14.0. The van der Waals surface area contributed by atoms with Crippen molar-refractivity contribution in [2.24, 2.45) is 0 Å². The topological polar surface area (TPSA) is 43.6 Å². The molecule has 0 saturated carbocycles. The molecule has 236 valence electrons. The summed E-state index contributed by atoms with van der Waals surface area (Å²) in [7, 11) is 0. The Morgan fingerprint density at radius 2 is 1.04 bits per heavy atom. The van der Waals surface area contributed by atoms with Gasteiger partial charge in [-0.15, -0.1) is 11.8 Å². The Hall–Kier alpha value is -6.04. The van der Waals surface area contributed by atoms with Crippen molar-refractivity contribution in [3.8, 4) is 45.3 Å². The van der Waals surface area contributed by atoms with Crippen LogP contribution in [0.5, 0.6) is 0 Å². The van der Waals surface area contributed by atoms with Crippen LogP contribution < -0.4 is 0 Å². The van der Waals surface area contributed by atoms with Crippen LogP contribution in [0.25, 0.3) is 72.8 Å². The second-order valence-electron chi connectivity index (χ2n) is 12.8. The minimum absolute atomic E-state index is 0.177. The zero-order valence-corrected chi connectivity index (χ0v) is 27.8. The van der Waals surface area contributed by atoms with Gasteiger partial charge in [-0.05, 0) is 53.1 Å². The van der Waals surface area contributed by atoms with Gasteiger partial charge in [0.1, 0.15) is 0 Å². The average Bonchev–Trinajstić information content (AvgIpc) is 3.74. The maximum atomic E-state index is 5.15. The highest BCUT2D eigenvalue weighted by Gasteiger charge is 2.37. The smallest absolute Gasteiger partial charge is 0.164 e. The molecule has 0 N–H and O–H groups in total. The van der Waals surface area contributed by atoms with E-state index >= 15 is 0 Å². The zero-order valence-electron chi connectivity index (χ0n) is 27.0. The van der Waals surface area contributed by atoms with Gasteiger partial charge in [0.25, 0.3) is 0 Å². The fraction of sp³-hybridized carbons (Fsp3) is 0.0444. The van der Waals surface area contributed by atoms with Gasteiger partial charge in [0.15, 0.2) is 17.5 Å². The Bertz CT molecular complexity index is 2590. The Labute approximate surface area is 294 Å². The molecule has 2 aliphatic rings. The maximum Gasteiger partial charge on any atom is 0.164 e. The van der Waals surface area contributed by atoms with Crippen molar-refractivity contribution in [1.29, 1.82) is 0 Å². The minimum atomic E-state index is 0.177. The van der Waals surface area contributed by atoms with Gasteiger partial charge < -0.3 is 4.57 Å². The third-order valence-electron chi connectivity index (χ3n) is 9.81. The maximum absolute atomic E-state index is 5.15. The summed E-state index contributed by atoms with van der Waals surface area (Å²) in [5, 5.41) is 2.85. The highest BCUT2D eigenvalue weighted by Crippen LogP contribution is 2.54. The summed E-state index contributed by atoms with van der Waals surface area (Å²) in [4.78, 5) is 16.6. The SMILES string of the molecule is C1=CC2Sc3ccc(-c4nc(-c5ccccc5)nc(-c5cccc(-c6ccccc6)c5)n4)cc3C2C(n2c3ccccc3c3ccccc32)=C1. The summed E-state index contributed by atoms with van der Waals surface area (Å²) in [5.74, 6) is 2.17. The van der Waals surface area contributed by atoms with Gasteiger partial charge in [0.2, 0.25) is 0 Å². The Morgan fingerprint density at radius 1 is 0.480 bits per heavy atom. The van der Waals surface area contributed by atoms with E-state index in [2.05, 4.69) is 150 Å². The summed E-state index contributed by atoms with van der Waals surface area (Å²) in [6.07, 6.45) is 6.88. The van der Waals surface area contributed by atoms with Gasteiger partial charge in [0.05, 0.1) is 11.0 Å². The molecular formula is C45H30N4S. The van der Waals surface area contributed by atoms with Crippen LogP contribution in [0.15, 0.2) is 175 Å². The number of benzene rings is 6. The van der Waals surface area contributed by atoms with Gasteiger partial charge in [0, 0.05) is 49.2 Å². The number of fused-ring (bicyclic) bond motifs is 6. The van der Waals surface area contributed by atoms with Crippen molar-refractivity contribution in [2.75, 3.05) is 0 Å². The Morgan fingerprint density at radius 3 is 1.74 bits per heavy atom. The van der Waals surface area contributed by atoms with Gasteiger partial charge >= 0.3 is 0 Å². The van der Waals surface area contributed by atoms with Gasteiger partial charge in [-0.25, -0.2) is 15.0 Å². The lowest BCUT2D eigenvalue weighted by Gasteiger charge is -2.26. The van der Waals surface area contributed by atoms with E-state index in [0.717, 1.165) is 27.8 Å². The molecule has 2 aromatic heterocycles. The first-order valence-electron chi connectivity index (χ1n) is 16.9. The molecule has 0 spiro atoms. The van der Waals surface area contributed by atoms with Crippen LogP contribution in [0, 0.1) is 0 Å². The van der Waals surface area contributed by atoms with Crippen LogP contribution >= 0.6 is 11.8 Å². The fourth-order valence-electron chi connectivity index (χ4n) is 7.51. The van der Waals surface area contributed by atoms with E-state index in [0.29, 0.717) is 22.7 Å². The number of thioether (sulfide) groups is 1. The van der Waals surface area contributed by atoms with Crippen molar-refractivity contribution in [1.82, 2.24) is 19.5 Å². The van der Waals surface area contributed by atoms with E-state index in [1.807, 2.05) is 36.0 Å². The van der Waals surface area contributed by atoms with Crippen LogP contribution in [0.1, 0.15) is 11.5 Å². The third kappa shape index (κ3) is 4.81. The molecule has 50 heavy (non-hydrogen) atoms. The normalized spacial score (nSPS) is 16.4. The van der Waals surface area contributed by atoms with Crippen molar-refractivity contribution in [2.45, 2.75) is 16.1 Å². The molecule has 0 fully saturated rings. The molecule has 0 amide bonds. The summed E-state index contributed by atoms with van der Waals surface area (Å²) >= 11 is 1.94. The van der Waals surface area contributed by atoms with Crippen LogP contribution in [0.4, 0.5) is 0 Å². The predicted octanol–water partition coefficient (Wildman–Crippen LogP) is 11.3. The lowest BCUT2D eigenvalue weighted by Crippen LogP contribution is -2.16. The lowest BCUT2D eigenvalue weighted by atomic mass is 9.88. The number of hydrogen-bond donors (Lipinski definition) is 0. The van der Waals surface area contributed by atoms with Crippen LogP contribution in [-0.2, 0) is 0 Å². The van der Waals surface area contributed by atoms with Gasteiger partial charge in [-0.2, -0.15) is 0 Å². The summed E-state index contributed by atoms with van der Waals surface area (Å²) in [6.45, 7) is 0. The first kappa shape index (κ1) is 28.9. The molecule has 1 aliphatic heterocycles. The van der Waals surface area contributed by atoms with Gasteiger partial charge in [-0.3, -0.25) is 0 Å². The van der Waals surface area contributed by atoms with E-state index < -0.39 is 0 Å². The number of nitrogens with zero attached hydrogens (tertiary/aromatic N) is 4. The quantitative estimate of drug-likeness (QED) is 0.185. The monoisotopic (exact) mass is 658 g/mol. The standard InChI is InChI=1S/C45H30N4S/c1-3-13-29(14-4-1)31-17-11-18-32(27-31)44-46-43(30-15-5-2-6-16-30)47-45(48-44)33-25-26-40-36(28-33)42-39(23-12-24-41(42)50-40)49-37-21-9-7-19-34(37)35-20-8-10-22-38(35)49/h1-28,41-42H. The molecule has 0 radical (unpaired) electrons. The fourth-order valence-corrected chi connectivity index (χ4v) is 8.86. The van der Waals surface area contributed by atoms with Crippen molar-refractivity contribution in [3.63, 3.8) is 0 Å². The first-order chi connectivity index (χ1) is 24.8. The van der Waals surface area contributed by atoms with E-state index in [1.165, 1.54) is 38.0 Å². The molecule has 2 unspecified atom stereocenters. The molecule has 3 heterocycles. The van der Waals surface area contributed by atoms with Crippen molar-refractivity contribution >= 4 is 39.3 Å². The number of para-hydroxylation sites is 2. The molecule has 5 heteroatoms. The number of aromatic nitrogens is 4. The molecule has 0 saturated heterocycles. The highest BCUT2D eigenvalue weighted by molar-refractivity contribution is 8.00. The predicted molar refractivity (Wildman–Crippen MR) is 207 cm³/mol. The van der Waals surface area contributed by atoms with E-state index in [-0.39, 0.29) is 5.92 Å². The molecule has 2 atom stereocenters. The first-order valence-corrected chi connectivity index (χ1v) is 17.8. The highest BCUT2D eigenvalue weighted by atomic mass is 32.2. The largest absolute Gasteiger partial charge is 0.312 e. The summed E-state index contributed by atoms with van der Waals surface area (Å²) < 4.78 is 2.47. The average molecular weight is 659 g/mol. The van der Waals surface area contributed by atoms with Crippen molar-refractivity contribution < 1.29 is 0 Å². The Balaban J connectivity index is 1.12. The van der Waals surface area contributed by atoms with E-state index in [1.54, 1.807) is 0 Å². The number of allylic oxidation sites excluding steroid dienone is 3. The van der Waals surface area contributed by atoms with E-state index in [9.17, 15) is 0 Å². The third-order valence-corrected chi connectivity index (χ3v) is 11.1. The van der Waals surface area contributed by atoms with Crippen LogP contribution in [0.2, 0.25) is 0 Å². The molecular weight excluding hydrogens is 629 g/mol. The summed E-state index contributed by atoms with van der Waals surface area (Å²) in [5.41, 5.74) is 10.3. The van der Waals surface area contributed by atoms with Crippen LogP contribution in [0.3, 0.4) is 0 Å². The molecule has 0 bridgehead atoms. The van der Waals surface area contributed by atoms with Crippen molar-refractivity contribution in [3.05, 3.63) is 175 Å². The number of rotatable bonds is 5. The van der Waals surface area contributed by atoms with Crippen LogP contribution in [-0.4, -0.2) is 24.8 Å². The molecule has 8 aromatic rings. The molecule has 4 nitrogen and oxygen atoms in total. The molecule has 6 aromatic carbocycles. The van der Waals surface area contributed by atoms with Gasteiger partial charge in [-0.1, -0.05) is 133 Å². The number of hydrogen-bond acceptors (Lipinski definition) is 4. The summed E-state index contributed by atoms with van der Waals surface area (Å²) in [6, 6.07) is 53.4. The zero-order chi connectivity index (χ0) is 33.0. The molecule has 10 rings (SSSR count). The lowest BCUT2D eigenvalue weighted by molar-refractivity contribution is 0.853. The Kier molecular flexibility index (Phi) is 6.84.